The lowest BCUT2D eigenvalue weighted by atomic mass is 10.2. The Morgan fingerprint density at radius 1 is 1.41 bits per heavy atom. The summed E-state index contributed by atoms with van der Waals surface area (Å²) < 4.78 is 5.25. The summed E-state index contributed by atoms with van der Waals surface area (Å²) in [6, 6.07) is 6.03. The molecule has 1 heterocycles. The van der Waals surface area contributed by atoms with Gasteiger partial charge in [-0.25, -0.2) is 0 Å². The van der Waals surface area contributed by atoms with E-state index in [1.165, 1.54) is 0 Å². The van der Waals surface area contributed by atoms with Crippen molar-refractivity contribution in [3.63, 3.8) is 0 Å². The van der Waals surface area contributed by atoms with Crippen LogP contribution in [0.15, 0.2) is 24.4 Å². The minimum atomic E-state index is 0.173. The number of hydrogen-bond acceptors (Lipinski definition) is 4. The molecule has 0 fully saturated rings. The van der Waals surface area contributed by atoms with E-state index in [2.05, 4.69) is 23.0 Å². The summed E-state index contributed by atoms with van der Waals surface area (Å²) in [4.78, 5) is 6.59. The third-order valence-corrected chi connectivity index (χ3v) is 2.90. The van der Waals surface area contributed by atoms with Crippen LogP contribution in [-0.4, -0.2) is 49.8 Å². The van der Waals surface area contributed by atoms with Gasteiger partial charge < -0.3 is 15.4 Å². The van der Waals surface area contributed by atoms with E-state index < -0.39 is 0 Å². The fourth-order valence-electron chi connectivity index (χ4n) is 1.66. The van der Waals surface area contributed by atoms with Gasteiger partial charge in [0.25, 0.3) is 0 Å². The molecule has 4 nitrogen and oxygen atoms in total. The van der Waals surface area contributed by atoms with Gasteiger partial charge in [0.2, 0.25) is 0 Å². The standard InChI is InChI=1S/C13H23N3O/c1-16(10-7-13(11-14)17-2)9-6-12-5-3-4-8-15-12/h3-5,8,13H,6-7,9-11,14H2,1-2H3. The number of nitrogens with two attached hydrogens (primary N) is 1. The van der Waals surface area contributed by atoms with Gasteiger partial charge in [-0.05, 0) is 25.6 Å². The number of hydrogen-bond donors (Lipinski definition) is 1. The van der Waals surface area contributed by atoms with Crippen LogP contribution in [0.1, 0.15) is 12.1 Å². The van der Waals surface area contributed by atoms with Crippen molar-refractivity contribution in [2.24, 2.45) is 5.73 Å². The summed E-state index contributed by atoms with van der Waals surface area (Å²) in [5, 5.41) is 0. The molecule has 0 spiro atoms. The third-order valence-electron chi connectivity index (χ3n) is 2.90. The number of rotatable bonds is 8. The fourth-order valence-corrected chi connectivity index (χ4v) is 1.66. The number of aromatic nitrogens is 1. The van der Waals surface area contributed by atoms with E-state index in [0.29, 0.717) is 6.54 Å². The topological polar surface area (TPSA) is 51.4 Å². The highest BCUT2D eigenvalue weighted by atomic mass is 16.5. The summed E-state index contributed by atoms with van der Waals surface area (Å²) in [5.74, 6) is 0. The smallest absolute Gasteiger partial charge is 0.0705 e. The molecule has 0 saturated heterocycles. The predicted octanol–water partition coefficient (Wildman–Crippen LogP) is 0.920. The molecule has 0 aromatic carbocycles. The van der Waals surface area contributed by atoms with E-state index in [0.717, 1.165) is 31.6 Å². The highest BCUT2D eigenvalue weighted by Crippen LogP contribution is 2.00. The van der Waals surface area contributed by atoms with Crippen LogP contribution >= 0.6 is 0 Å². The molecule has 96 valence electrons. The van der Waals surface area contributed by atoms with Crippen molar-refractivity contribution in [3.05, 3.63) is 30.1 Å². The zero-order valence-electron chi connectivity index (χ0n) is 10.8. The van der Waals surface area contributed by atoms with E-state index in [9.17, 15) is 0 Å². The SMILES string of the molecule is COC(CN)CCN(C)CCc1ccccn1. The molecule has 2 N–H and O–H groups in total. The Bertz CT molecular complexity index is 288. The van der Waals surface area contributed by atoms with Crippen molar-refractivity contribution in [2.45, 2.75) is 18.9 Å². The molecule has 1 rings (SSSR count). The average molecular weight is 237 g/mol. The Kier molecular flexibility index (Phi) is 6.77. The van der Waals surface area contributed by atoms with Crippen molar-refractivity contribution in [1.29, 1.82) is 0 Å². The number of pyridine rings is 1. The molecule has 0 saturated carbocycles. The predicted molar refractivity (Wildman–Crippen MR) is 69.9 cm³/mol. The lowest BCUT2D eigenvalue weighted by Crippen LogP contribution is -2.30. The number of likely N-dealkylation sites (N-methyl/N-ethyl adjacent to an activating group) is 1. The molecule has 0 aliphatic rings. The summed E-state index contributed by atoms with van der Waals surface area (Å²) in [6.07, 6.45) is 3.97. The van der Waals surface area contributed by atoms with Gasteiger partial charge in [-0.15, -0.1) is 0 Å². The van der Waals surface area contributed by atoms with E-state index in [4.69, 9.17) is 10.5 Å². The Morgan fingerprint density at radius 3 is 2.82 bits per heavy atom. The maximum absolute atomic E-state index is 5.58. The first kappa shape index (κ1) is 14.1. The molecule has 0 amide bonds. The van der Waals surface area contributed by atoms with E-state index in [1.54, 1.807) is 7.11 Å². The zero-order valence-corrected chi connectivity index (χ0v) is 10.8. The van der Waals surface area contributed by atoms with Crippen LogP contribution in [0.2, 0.25) is 0 Å². The van der Waals surface area contributed by atoms with E-state index in [-0.39, 0.29) is 6.10 Å². The lowest BCUT2D eigenvalue weighted by molar-refractivity contribution is 0.0927. The van der Waals surface area contributed by atoms with Crippen LogP contribution < -0.4 is 5.73 Å². The Hall–Kier alpha value is -0.970. The number of ether oxygens (including phenoxy) is 1. The Morgan fingerprint density at radius 2 is 2.24 bits per heavy atom. The first-order valence-corrected chi connectivity index (χ1v) is 6.07. The molecule has 0 aliphatic carbocycles. The Labute approximate surface area is 104 Å². The summed E-state index contributed by atoms with van der Waals surface area (Å²) in [7, 11) is 3.83. The molecule has 0 bridgehead atoms. The molecule has 1 atom stereocenters. The van der Waals surface area contributed by atoms with Gasteiger partial charge in [0.1, 0.15) is 0 Å². The second-order valence-electron chi connectivity index (χ2n) is 4.26. The van der Waals surface area contributed by atoms with Crippen LogP contribution in [0.25, 0.3) is 0 Å². The monoisotopic (exact) mass is 237 g/mol. The van der Waals surface area contributed by atoms with Gasteiger partial charge in [-0.1, -0.05) is 6.07 Å². The van der Waals surface area contributed by atoms with Crippen molar-refractivity contribution in [1.82, 2.24) is 9.88 Å². The normalized spacial score (nSPS) is 12.9. The first-order chi connectivity index (χ1) is 8.26. The van der Waals surface area contributed by atoms with Crippen LogP contribution in [0.5, 0.6) is 0 Å². The van der Waals surface area contributed by atoms with E-state index in [1.807, 2.05) is 18.3 Å². The van der Waals surface area contributed by atoms with Gasteiger partial charge in [0.05, 0.1) is 6.10 Å². The zero-order chi connectivity index (χ0) is 12.5. The maximum Gasteiger partial charge on any atom is 0.0705 e. The van der Waals surface area contributed by atoms with Crippen LogP contribution in [0, 0.1) is 0 Å². The van der Waals surface area contributed by atoms with Crippen LogP contribution in [0.3, 0.4) is 0 Å². The average Bonchev–Trinajstić information content (AvgIpc) is 2.39. The molecule has 1 aromatic heterocycles. The quantitative estimate of drug-likeness (QED) is 0.730. The lowest BCUT2D eigenvalue weighted by Gasteiger charge is -2.19. The van der Waals surface area contributed by atoms with Crippen LogP contribution in [0.4, 0.5) is 0 Å². The second kappa shape index (κ2) is 8.17. The van der Waals surface area contributed by atoms with Gasteiger partial charge in [0.15, 0.2) is 0 Å². The molecule has 0 radical (unpaired) electrons. The molecule has 0 aliphatic heterocycles. The van der Waals surface area contributed by atoms with Gasteiger partial charge in [-0.3, -0.25) is 4.98 Å². The molecule has 1 aromatic rings. The summed E-state index contributed by atoms with van der Waals surface area (Å²) >= 11 is 0. The molecule has 4 heteroatoms. The van der Waals surface area contributed by atoms with Crippen molar-refractivity contribution in [2.75, 3.05) is 33.8 Å². The van der Waals surface area contributed by atoms with E-state index >= 15 is 0 Å². The molecular weight excluding hydrogens is 214 g/mol. The highest BCUT2D eigenvalue weighted by Gasteiger charge is 2.06. The molecular formula is C13H23N3O. The summed E-state index contributed by atoms with van der Waals surface area (Å²) in [6.45, 7) is 2.60. The Balaban J connectivity index is 2.19. The number of nitrogens with zero attached hydrogens (tertiary/aromatic N) is 2. The van der Waals surface area contributed by atoms with Crippen LogP contribution in [-0.2, 0) is 11.2 Å². The second-order valence-corrected chi connectivity index (χ2v) is 4.26. The largest absolute Gasteiger partial charge is 0.380 e. The van der Waals surface area contributed by atoms with Crippen molar-refractivity contribution in [3.8, 4) is 0 Å². The van der Waals surface area contributed by atoms with Gasteiger partial charge in [-0.2, -0.15) is 0 Å². The molecule has 1 unspecified atom stereocenters. The highest BCUT2D eigenvalue weighted by molar-refractivity contribution is 5.03. The maximum atomic E-state index is 5.58. The minimum Gasteiger partial charge on any atom is -0.380 e. The summed E-state index contributed by atoms with van der Waals surface area (Å²) in [5.41, 5.74) is 6.72. The van der Waals surface area contributed by atoms with Crippen molar-refractivity contribution < 1.29 is 4.74 Å². The molecule has 17 heavy (non-hydrogen) atoms. The van der Waals surface area contributed by atoms with Gasteiger partial charge >= 0.3 is 0 Å². The van der Waals surface area contributed by atoms with Gasteiger partial charge in [0, 0.05) is 45.1 Å². The first-order valence-electron chi connectivity index (χ1n) is 6.07. The minimum absolute atomic E-state index is 0.173. The van der Waals surface area contributed by atoms with Crippen molar-refractivity contribution >= 4 is 0 Å². The number of methoxy groups -OCH3 is 1. The fraction of sp³-hybridized carbons (Fsp3) is 0.615. The third kappa shape index (κ3) is 5.77.